The van der Waals surface area contributed by atoms with Crippen LogP contribution in [0.5, 0.6) is 0 Å². The van der Waals surface area contributed by atoms with Gasteiger partial charge in [0.05, 0.1) is 29.5 Å². The van der Waals surface area contributed by atoms with Crippen LogP contribution < -0.4 is 5.32 Å². The summed E-state index contributed by atoms with van der Waals surface area (Å²) in [6.45, 7) is -0.318. The summed E-state index contributed by atoms with van der Waals surface area (Å²) in [7, 11) is 1.42. The molecule has 29 heavy (non-hydrogen) atoms. The van der Waals surface area contributed by atoms with Crippen LogP contribution in [0.25, 0.3) is 0 Å². The number of amides is 2. The van der Waals surface area contributed by atoms with Gasteiger partial charge in [-0.3, -0.25) is 9.59 Å². The van der Waals surface area contributed by atoms with Gasteiger partial charge in [0.25, 0.3) is 5.91 Å². The van der Waals surface area contributed by atoms with Crippen molar-refractivity contribution < 1.29 is 27.5 Å². The van der Waals surface area contributed by atoms with Crippen LogP contribution in [0.3, 0.4) is 0 Å². The third-order valence-electron chi connectivity index (χ3n) is 3.93. The molecule has 0 unspecified atom stereocenters. The number of rotatable bonds is 7. The van der Waals surface area contributed by atoms with Crippen LogP contribution in [-0.4, -0.2) is 43.5 Å². The maximum absolute atomic E-state index is 13.1. The summed E-state index contributed by atoms with van der Waals surface area (Å²) in [5.41, 5.74) is -0.921. The van der Waals surface area contributed by atoms with Gasteiger partial charge < -0.3 is 15.0 Å². The molecule has 0 saturated heterocycles. The molecule has 0 heterocycles. The molecule has 6 nitrogen and oxygen atoms in total. The van der Waals surface area contributed by atoms with Gasteiger partial charge in [0.1, 0.15) is 6.54 Å². The molecule has 0 bridgehead atoms. The maximum Gasteiger partial charge on any atom is 0.418 e. The second-order valence-corrected chi connectivity index (χ2v) is 6.00. The lowest BCUT2D eigenvalue weighted by Gasteiger charge is -2.22. The van der Waals surface area contributed by atoms with Crippen LogP contribution in [0, 0.1) is 11.3 Å². The van der Waals surface area contributed by atoms with Crippen LogP contribution in [0.2, 0.25) is 0 Å². The molecule has 1 N–H and O–H groups in total. The second kappa shape index (κ2) is 9.71. The minimum atomic E-state index is -4.63. The summed E-state index contributed by atoms with van der Waals surface area (Å²) < 4.78 is 44.2. The number of hydrogen-bond acceptors (Lipinski definition) is 4. The summed E-state index contributed by atoms with van der Waals surface area (Å²) in [4.78, 5) is 26.2. The third kappa shape index (κ3) is 6.05. The fraction of sp³-hybridized carbons (Fsp3) is 0.250. The summed E-state index contributed by atoms with van der Waals surface area (Å²) in [6, 6.07) is 12.4. The highest BCUT2D eigenvalue weighted by Crippen LogP contribution is 2.34. The van der Waals surface area contributed by atoms with Gasteiger partial charge in [-0.1, -0.05) is 18.2 Å². The third-order valence-corrected chi connectivity index (χ3v) is 3.93. The monoisotopic (exact) mass is 405 g/mol. The molecule has 0 atom stereocenters. The predicted molar refractivity (Wildman–Crippen MR) is 99.0 cm³/mol. The Hall–Kier alpha value is -3.38. The molecule has 2 rings (SSSR count). The van der Waals surface area contributed by atoms with Crippen molar-refractivity contribution in [1.82, 2.24) is 4.90 Å². The lowest BCUT2D eigenvalue weighted by molar-refractivity contribution is -0.137. The largest absolute Gasteiger partial charge is 0.418 e. The number of alkyl halides is 3. The predicted octanol–water partition coefficient (Wildman–Crippen LogP) is 3.30. The number of methoxy groups -OCH3 is 1. The van der Waals surface area contributed by atoms with Gasteiger partial charge in [0.15, 0.2) is 0 Å². The van der Waals surface area contributed by atoms with Crippen molar-refractivity contribution in [3.8, 4) is 6.07 Å². The molecule has 0 aliphatic carbocycles. The fourth-order valence-corrected chi connectivity index (χ4v) is 2.56. The van der Waals surface area contributed by atoms with Gasteiger partial charge in [0.2, 0.25) is 5.91 Å². The van der Waals surface area contributed by atoms with Crippen molar-refractivity contribution in [2.45, 2.75) is 6.18 Å². The van der Waals surface area contributed by atoms with E-state index in [-0.39, 0.29) is 24.3 Å². The van der Waals surface area contributed by atoms with E-state index in [0.29, 0.717) is 0 Å². The average Bonchev–Trinajstić information content (AvgIpc) is 2.70. The molecule has 0 saturated carbocycles. The van der Waals surface area contributed by atoms with Gasteiger partial charge in [-0.2, -0.15) is 18.4 Å². The minimum absolute atomic E-state index is 0.0421. The Balaban J connectivity index is 2.19. The van der Waals surface area contributed by atoms with E-state index in [1.165, 1.54) is 43.5 Å². The van der Waals surface area contributed by atoms with Crippen molar-refractivity contribution in [3.63, 3.8) is 0 Å². The number of benzene rings is 2. The molecule has 2 aromatic rings. The molecular weight excluding hydrogens is 387 g/mol. The lowest BCUT2D eigenvalue weighted by Crippen LogP contribution is -2.40. The smallest absolute Gasteiger partial charge is 0.383 e. The molecule has 0 radical (unpaired) electrons. The number of hydrogen-bond donors (Lipinski definition) is 1. The van der Waals surface area contributed by atoms with Gasteiger partial charge in [0, 0.05) is 19.2 Å². The Kier molecular flexibility index (Phi) is 7.33. The normalized spacial score (nSPS) is 10.9. The molecule has 0 aliphatic rings. The van der Waals surface area contributed by atoms with E-state index in [2.05, 4.69) is 5.32 Å². The Morgan fingerprint density at radius 1 is 1.17 bits per heavy atom. The van der Waals surface area contributed by atoms with Crippen LogP contribution in [0.15, 0.2) is 48.5 Å². The quantitative estimate of drug-likeness (QED) is 0.766. The Labute approximate surface area is 165 Å². The first-order chi connectivity index (χ1) is 13.8. The molecule has 0 fully saturated rings. The molecular formula is C20H18F3N3O3. The number of nitriles is 1. The van der Waals surface area contributed by atoms with Gasteiger partial charge in [-0.15, -0.1) is 0 Å². The topological polar surface area (TPSA) is 82.4 Å². The highest BCUT2D eigenvalue weighted by atomic mass is 19.4. The summed E-state index contributed by atoms with van der Waals surface area (Å²) in [6.07, 6.45) is -4.63. The average molecular weight is 405 g/mol. The van der Waals surface area contributed by atoms with E-state index >= 15 is 0 Å². The number of para-hydroxylation sites is 1. The highest BCUT2D eigenvalue weighted by molar-refractivity contribution is 5.99. The zero-order chi connectivity index (χ0) is 21.4. The fourth-order valence-electron chi connectivity index (χ4n) is 2.56. The molecule has 2 aromatic carbocycles. The number of nitrogens with zero attached hydrogens (tertiary/aromatic N) is 2. The van der Waals surface area contributed by atoms with Crippen LogP contribution in [-0.2, 0) is 15.7 Å². The van der Waals surface area contributed by atoms with Crippen molar-refractivity contribution in [2.24, 2.45) is 0 Å². The van der Waals surface area contributed by atoms with E-state index in [9.17, 15) is 22.8 Å². The van der Waals surface area contributed by atoms with Crippen molar-refractivity contribution in [3.05, 3.63) is 65.2 Å². The number of halogens is 3. The first-order valence-corrected chi connectivity index (χ1v) is 8.50. The molecule has 9 heteroatoms. The van der Waals surface area contributed by atoms with E-state index in [1.807, 2.05) is 6.07 Å². The molecule has 0 spiro atoms. The summed E-state index contributed by atoms with van der Waals surface area (Å²) >= 11 is 0. The van der Waals surface area contributed by atoms with Gasteiger partial charge in [-0.05, 0) is 30.3 Å². The maximum atomic E-state index is 13.1. The summed E-state index contributed by atoms with van der Waals surface area (Å²) in [5.74, 6) is -1.33. The van der Waals surface area contributed by atoms with Crippen molar-refractivity contribution in [1.29, 1.82) is 5.26 Å². The molecule has 152 valence electrons. The number of anilines is 1. The van der Waals surface area contributed by atoms with Crippen molar-refractivity contribution >= 4 is 17.5 Å². The summed E-state index contributed by atoms with van der Waals surface area (Å²) in [5, 5.41) is 11.2. The molecule has 2 amide bonds. The Bertz CT molecular complexity index is 923. The van der Waals surface area contributed by atoms with E-state index < -0.39 is 35.8 Å². The SMILES string of the molecule is COCCN(CC(=O)Nc1ccccc1C(F)(F)F)C(=O)c1cccc(C#N)c1. The lowest BCUT2D eigenvalue weighted by atomic mass is 10.1. The standard InChI is InChI=1S/C20H18F3N3O3/c1-29-10-9-26(19(28)15-6-4-5-14(11-15)12-24)13-18(27)25-17-8-3-2-7-16(17)20(21,22)23/h2-8,11H,9-10,13H2,1H3,(H,25,27). The zero-order valence-electron chi connectivity index (χ0n) is 15.5. The van der Waals surface area contributed by atoms with Gasteiger partial charge >= 0.3 is 6.18 Å². The second-order valence-electron chi connectivity index (χ2n) is 6.00. The molecule has 0 aromatic heterocycles. The highest BCUT2D eigenvalue weighted by Gasteiger charge is 2.33. The van der Waals surface area contributed by atoms with Crippen LogP contribution in [0.1, 0.15) is 21.5 Å². The van der Waals surface area contributed by atoms with Crippen LogP contribution in [0.4, 0.5) is 18.9 Å². The first-order valence-electron chi connectivity index (χ1n) is 8.50. The Morgan fingerprint density at radius 2 is 1.90 bits per heavy atom. The number of nitrogens with one attached hydrogen (secondary N) is 1. The minimum Gasteiger partial charge on any atom is -0.383 e. The van der Waals surface area contributed by atoms with Crippen LogP contribution >= 0.6 is 0 Å². The first kappa shape index (κ1) is 21.9. The zero-order valence-corrected chi connectivity index (χ0v) is 15.5. The number of ether oxygens (including phenoxy) is 1. The van der Waals surface area contributed by atoms with Gasteiger partial charge in [-0.25, -0.2) is 0 Å². The Morgan fingerprint density at radius 3 is 2.55 bits per heavy atom. The van der Waals surface area contributed by atoms with E-state index in [1.54, 1.807) is 0 Å². The molecule has 0 aliphatic heterocycles. The van der Waals surface area contributed by atoms with Crippen molar-refractivity contribution in [2.75, 3.05) is 32.1 Å². The van der Waals surface area contributed by atoms with E-state index in [4.69, 9.17) is 10.00 Å². The number of carbonyl (C=O) groups excluding carboxylic acids is 2. The van der Waals surface area contributed by atoms with E-state index in [0.717, 1.165) is 17.0 Å². The number of carbonyl (C=O) groups is 2.